The number of carbonyl (C=O) groups excluding carboxylic acids is 2. The van der Waals surface area contributed by atoms with E-state index in [0.717, 1.165) is 19.4 Å². The second kappa shape index (κ2) is 7.19. The number of benzene rings is 1. The molecule has 5 nitrogen and oxygen atoms in total. The van der Waals surface area contributed by atoms with E-state index in [4.69, 9.17) is 5.73 Å². The highest BCUT2D eigenvalue weighted by Gasteiger charge is 2.44. The monoisotopic (exact) mass is 377 g/mol. The van der Waals surface area contributed by atoms with E-state index in [-0.39, 0.29) is 28.9 Å². The number of carbonyl (C=O) groups is 2. The second-order valence-electron chi connectivity index (χ2n) is 7.59. The van der Waals surface area contributed by atoms with Gasteiger partial charge >= 0.3 is 0 Å². The van der Waals surface area contributed by atoms with Crippen LogP contribution in [0.5, 0.6) is 0 Å². The molecule has 1 saturated carbocycles. The van der Waals surface area contributed by atoms with Gasteiger partial charge in [0.2, 0.25) is 11.8 Å². The van der Waals surface area contributed by atoms with Crippen molar-refractivity contribution in [2.45, 2.75) is 36.6 Å². The summed E-state index contributed by atoms with van der Waals surface area (Å²) in [4.78, 5) is 27.1. The third-order valence-electron chi connectivity index (χ3n) is 5.96. The van der Waals surface area contributed by atoms with Crippen LogP contribution in [0.4, 0.5) is 4.39 Å². The zero-order valence-corrected chi connectivity index (χ0v) is 15.4. The minimum Gasteiger partial charge on any atom is -0.343 e. The lowest BCUT2D eigenvalue weighted by molar-refractivity contribution is -0.135. The number of likely N-dealkylation sites (tertiary alicyclic amines) is 1. The van der Waals surface area contributed by atoms with Crippen LogP contribution in [0, 0.1) is 17.7 Å². The minimum absolute atomic E-state index is 0.00297. The van der Waals surface area contributed by atoms with Gasteiger partial charge in [-0.3, -0.25) is 9.59 Å². The summed E-state index contributed by atoms with van der Waals surface area (Å²) < 4.78 is 13.8. The fourth-order valence-corrected chi connectivity index (χ4v) is 5.62. The van der Waals surface area contributed by atoms with Crippen LogP contribution >= 0.6 is 11.8 Å². The first-order valence-electron chi connectivity index (χ1n) is 9.22. The Hall–Kier alpha value is -1.60. The lowest BCUT2D eigenvalue weighted by Gasteiger charge is -2.31. The number of thioether (sulfide) groups is 1. The van der Waals surface area contributed by atoms with E-state index >= 15 is 0 Å². The Morgan fingerprint density at radius 1 is 1.31 bits per heavy atom. The predicted octanol–water partition coefficient (Wildman–Crippen LogP) is 1.16. The summed E-state index contributed by atoms with van der Waals surface area (Å²) in [5.41, 5.74) is 6.68. The van der Waals surface area contributed by atoms with Gasteiger partial charge in [0.1, 0.15) is 11.9 Å². The Morgan fingerprint density at radius 2 is 2.12 bits per heavy atom. The largest absolute Gasteiger partial charge is 0.343 e. The maximum absolute atomic E-state index is 13.8. The van der Waals surface area contributed by atoms with Crippen molar-refractivity contribution in [1.29, 1.82) is 0 Å². The first-order valence-corrected chi connectivity index (χ1v) is 10.3. The first kappa shape index (κ1) is 17.8. The van der Waals surface area contributed by atoms with Crippen LogP contribution in [-0.2, 0) is 16.0 Å². The Balaban J connectivity index is 1.34. The van der Waals surface area contributed by atoms with Crippen molar-refractivity contribution in [2.75, 3.05) is 18.8 Å². The maximum atomic E-state index is 13.8. The highest BCUT2D eigenvalue weighted by molar-refractivity contribution is 8.00. The van der Waals surface area contributed by atoms with Gasteiger partial charge in [-0.1, -0.05) is 18.2 Å². The number of fused-ring (bicyclic) bond motifs is 1. The van der Waals surface area contributed by atoms with Crippen molar-refractivity contribution in [3.63, 3.8) is 0 Å². The third-order valence-corrected chi connectivity index (χ3v) is 7.27. The molecule has 3 aliphatic rings. The molecule has 2 amide bonds. The summed E-state index contributed by atoms with van der Waals surface area (Å²) in [6.07, 6.45) is 2.48. The standard InChI is InChI=1S/C19H24FN3O2S/c20-14-4-2-1-3-11(14)7-17-18(24)22-16(10-26-17)19(25)23-8-12-5-6-15(21)13(12)9-23/h1-4,12-13,15-17H,5-10,21H2,(H,22,24). The highest BCUT2D eigenvalue weighted by Crippen LogP contribution is 2.37. The van der Waals surface area contributed by atoms with Gasteiger partial charge in [-0.15, -0.1) is 11.8 Å². The molecule has 1 aromatic carbocycles. The first-order chi connectivity index (χ1) is 12.5. The predicted molar refractivity (Wildman–Crippen MR) is 99.1 cm³/mol. The minimum atomic E-state index is -0.487. The van der Waals surface area contributed by atoms with Crippen molar-refractivity contribution in [3.8, 4) is 0 Å². The summed E-state index contributed by atoms with van der Waals surface area (Å²) >= 11 is 1.44. The molecule has 3 fully saturated rings. The van der Waals surface area contributed by atoms with Crippen LogP contribution in [0.25, 0.3) is 0 Å². The molecule has 5 atom stereocenters. The Bertz CT molecular complexity index is 716. The Morgan fingerprint density at radius 3 is 2.85 bits per heavy atom. The van der Waals surface area contributed by atoms with Crippen molar-refractivity contribution in [2.24, 2.45) is 17.6 Å². The van der Waals surface area contributed by atoms with E-state index in [1.165, 1.54) is 17.8 Å². The molecule has 7 heteroatoms. The molecule has 4 rings (SSSR count). The Kier molecular flexibility index (Phi) is 4.92. The lowest BCUT2D eigenvalue weighted by atomic mass is 9.98. The number of nitrogens with zero attached hydrogens (tertiary/aromatic N) is 1. The zero-order chi connectivity index (χ0) is 18.3. The molecule has 26 heavy (non-hydrogen) atoms. The number of rotatable bonds is 3. The quantitative estimate of drug-likeness (QED) is 0.829. The van der Waals surface area contributed by atoms with E-state index in [0.29, 0.717) is 36.1 Å². The molecular weight excluding hydrogens is 353 g/mol. The molecule has 1 aliphatic carbocycles. The van der Waals surface area contributed by atoms with E-state index in [1.807, 2.05) is 4.90 Å². The second-order valence-corrected chi connectivity index (χ2v) is 8.82. The number of nitrogens with one attached hydrogen (secondary N) is 1. The summed E-state index contributed by atoms with van der Waals surface area (Å²) in [6.45, 7) is 1.47. The molecule has 3 N–H and O–H groups in total. The van der Waals surface area contributed by atoms with Crippen LogP contribution in [0.2, 0.25) is 0 Å². The number of hydrogen-bond acceptors (Lipinski definition) is 4. The van der Waals surface area contributed by atoms with Gasteiger partial charge in [0.15, 0.2) is 0 Å². The number of halogens is 1. The molecular formula is C19H24FN3O2S. The van der Waals surface area contributed by atoms with Crippen molar-refractivity contribution in [3.05, 3.63) is 35.6 Å². The lowest BCUT2D eigenvalue weighted by Crippen LogP contribution is -2.55. The summed E-state index contributed by atoms with van der Waals surface area (Å²) in [6, 6.07) is 6.22. The Labute approximate surface area is 156 Å². The smallest absolute Gasteiger partial charge is 0.246 e. The summed E-state index contributed by atoms with van der Waals surface area (Å²) in [5.74, 6) is 0.964. The van der Waals surface area contributed by atoms with E-state index in [1.54, 1.807) is 18.2 Å². The van der Waals surface area contributed by atoms with Crippen molar-refractivity contribution >= 4 is 23.6 Å². The van der Waals surface area contributed by atoms with Gasteiger partial charge in [0.25, 0.3) is 0 Å². The molecule has 5 unspecified atom stereocenters. The van der Waals surface area contributed by atoms with Crippen LogP contribution in [0.1, 0.15) is 18.4 Å². The number of nitrogens with two attached hydrogens (primary N) is 1. The van der Waals surface area contributed by atoms with Crippen molar-refractivity contribution in [1.82, 2.24) is 10.2 Å². The molecule has 0 aromatic heterocycles. The number of amides is 2. The van der Waals surface area contributed by atoms with Gasteiger partial charge in [-0.25, -0.2) is 4.39 Å². The maximum Gasteiger partial charge on any atom is 0.246 e. The molecule has 2 aliphatic heterocycles. The fourth-order valence-electron chi connectivity index (χ4n) is 4.45. The van der Waals surface area contributed by atoms with E-state index in [9.17, 15) is 14.0 Å². The fraction of sp³-hybridized carbons (Fsp3) is 0.579. The molecule has 140 valence electrons. The average Bonchev–Trinajstić information content (AvgIpc) is 3.20. The molecule has 0 radical (unpaired) electrons. The van der Waals surface area contributed by atoms with Crippen LogP contribution < -0.4 is 11.1 Å². The van der Waals surface area contributed by atoms with Gasteiger partial charge < -0.3 is 16.0 Å². The topological polar surface area (TPSA) is 75.4 Å². The van der Waals surface area contributed by atoms with Gasteiger partial charge in [-0.2, -0.15) is 0 Å². The van der Waals surface area contributed by atoms with E-state index < -0.39 is 6.04 Å². The van der Waals surface area contributed by atoms with Gasteiger partial charge in [0.05, 0.1) is 5.25 Å². The van der Waals surface area contributed by atoms with Crippen LogP contribution in [-0.4, -0.2) is 52.9 Å². The van der Waals surface area contributed by atoms with Crippen LogP contribution in [0.15, 0.2) is 24.3 Å². The molecule has 2 saturated heterocycles. The summed E-state index contributed by atoms with van der Waals surface area (Å²) in [5, 5.41) is 2.50. The van der Waals surface area contributed by atoms with Gasteiger partial charge in [0, 0.05) is 24.9 Å². The van der Waals surface area contributed by atoms with Crippen LogP contribution in [0.3, 0.4) is 0 Å². The normalized spacial score (nSPS) is 33.8. The zero-order valence-electron chi connectivity index (χ0n) is 14.6. The third kappa shape index (κ3) is 3.34. The van der Waals surface area contributed by atoms with Crippen molar-refractivity contribution < 1.29 is 14.0 Å². The molecule has 0 bridgehead atoms. The van der Waals surface area contributed by atoms with Gasteiger partial charge in [-0.05, 0) is 42.7 Å². The molecule has 1 aromatic rings. The SMILES string of the molecule is NC1CCC2CN(C(=O)C3CSC(Cc4ccccc4F)C(=O)N3)CC12. The molecule has 0 spiro atoms. The highest BCUT2D eigenvalue weighted by atomic mass is 32.2. The molecule has 2 heterocycles. The summed E-state index contributed by atoms with van der Waals surface area (Å²) in [7, 11) is 0. The average molecular weight is 377 g/mol. The van der Waals surface area contributed by atoms with E-state index in [2.05, 4.69) is 5.32 Å². The number of hydrogen-bond donors (Lipinski definition) is 2.